The topological polar surface area (TPSA) is 69.7 Å². The minimum absolute atomic E-state index is 0.0943. The van der Waals surface area contributed by atoms with Crippen LogP contribution in [0.5, 0.6) is 0 Å². The Hall–Kier alpha value is -2.99. The summed E-state index contributed by atoms with van der Waals surface area (Å²) < 4.78 is 0. The second-order valence-electron chi connectivity index (χ2n) is 8.03. The van der Waals surface area contributed by atoms with Crippen molar-refractivity contribution < 1.29 is 14.4 Å². The Kier molecular flexibility index (Phi) is 5.95. The summed E-state index contributed by atoms with van der Waals surface area (Å²) in [5.74, 6) is -0.793. The molecule has 0 unspecified atom stereocenters. The third-order valence-electron chi connectivity index (χ3n) is 5.98. The molecular weight excluding hydrogens is 378 g/mol. The summed E-state index contributed by atoms with van der Waals surface area (Å²) in [6.45, 7) is 4.74. The van der Waals surface area contributed by atoms with Crippen LogP contribution in [0.4, 0.5) is 0 Å². The van der Waals surface area contributed by atoms with E-state index in [0.29, 0.717) is 17.7 Å². The largest absolute Gasteiger partial charge is 0.354 e. The highest BCUT2D eigenvalue weighted by molar-refractivity contribution is 6.21. The van der Waals surface area contributed by atoms with Crippen LogP contribution in [-0.2, 0) is 4.79 Å². The minimum atomic E-state index is -0.321. The van der Waals surface area contributed by atoms with Gasteiger partial charge in [-0.3, -0.25) is 24.2 Å². The molecule has 1 atom stereocenters. The minimum Gasteiger partial charge on any atom is -0.354 e. The first-order valence-electron chi connectivity index (χ1n) is 10.6. The van der Waals surface area contributed by atoms with Gasteiger partial charge >= 0.3 is 0 Å². The van der Waals surface area contributed by atoms with Crippen LogP contribution in [0.1, 0.15) is 57.1 Å². The molecule has 1 fully saturated rings. The summed E-state index contributed by atoms with van der Waals surface area (Å²) in [5.41, 5.74) is 3.24. The van der Waals surface area contributed by atoms with E-state index >= 15 is 0 Å². The molecule has 4 rings (SSSR count). The van der Waals surface area contributed by atoms with E-state index in [2.05, 4.69) is 41.4 Å². The Morgan fingerprint density at radius 1 is 0.967 bits per heavy atom. The maximum absolute atomic E-state index is 12.5. The van der Waals surface area contributed by atoms with E-state index in [9.17, 15) is 14.4 Å². The zero-order valence-electron chi connectivity index (χ0n) is 17.3. The highest BCUT2D eigenvalue weighted by atomic mass is 16.2. The highest BCUT2D eigenvalue weighted by Crippen LogP contribution is 2.25. The Balaban J connectivity index is 1.34. The Labute approximate surface area is 176 Å². The molecule has 0 radical (unpaired) electrons. The predicted molar refractivity (Wildman–Crippen MR) is 114 cm³/mol. The number of carbonyl (C=O) groups excluding carboxylic acids is 3. The molecule has 156 valence electrons. The van der Waals surface area contributed by atoms with Crippen molar-refractivity contribution in [3.8, 4) is 0 Å². The monoisotopic (exact) mass is 405 g/mol. The van der Waals surface area contributed by atoms with Crippen molar-refractivity contribution in [1.82, 2.24) is 15.1 Å². The number of fused-ring (bicyclic) bond motifs is 1. The van der Waals surface area contributed by atoms with Gasteiger partial charge in [0.2, 0.25) is 5.91 Å². The molecule has 1 N–H and O–H groups in total. The second kappa shape index (κ2) is 8.79. The van der Waals surface area contributed by atoms with Gasteiger partial charge in [0, 0.05) is 19.5 Å². The number of imide groups is 1. The quantitative estimate of drug-likeness (QED) is 0.719. The van der Waals surface area contributed by atoms with Gasteiger partial charge in [0.25, 0.3) is 11.8 Å². The van der Waals surface area contributed by atoms with Crippen LogP contribution >= 0.6 is 0 Å². The lowest BCUT2D eigenvalue weighted by Crippen LogP contribution is -2.39. The van der Waals surface area contributed by atoms with Gasteiger partial charge in [0.05, 0.1) is 17.2 Å². The van der Waals surface area contributed by atoms with Crippen molar-refractivity contribution in [3.05, 3.63) is 70.8 Å². The van der Waals surface area contributed by atoms with E-state index in [1.165, 1.54) is 28.9 Å². The average molecular weight is 405 g/mol. The van der Waals surface area contributed by atoms with Gasteiger partial charge in [-0.05, 0) is 50.6 Å². The van der Waals surface area contributed by atoms with Crippen LogP contribution in [0.15, 0.2) is 48.5 Å². The van der Waals surface area contributed by atoms with Crippen LogP contribution in [0.25, 0.3) is 0 Å². The number of hydrogen-bond acceptors (Lipinski definition) is 4. The number of benzene rings is 2. The number of nitrogens with one attached hydrogen (secondary N) is 1. The number of aryl methyl sites for hydroxylation is 1. The number of nitrogens with zero attached hydrogens (tertiary/aromatic N) is 2. The van der Waals surface area contributed by atoms with Crippen molar-refractivity contribution in [1.29, 1.82) is 0 Å². The van der Waals surface area contributed by atoms with E-state index in [1.807, 2.05) is 0 Å². The van der Waals surface area contributed by atoms with E-state index in [-0.39, 0.29) is 36.7 Å². The number of hydrogen-bond donors (Lipinski definition) is 1. The molecule has 2 aliphatic rings. The average Bonchev–Trinajstić information content (AvgIpc) is 3.36. The number of likely N-dealkylation sites (tertiary alicyclic amines) is 1. The highest BCUT2D eigenvalue weighted by Gasteiger charge is 2.35. The summed E-state index contributed by atoms with van der Waals surface area (Å²) in [6.07, 6.45) is 2.46. The molecule has 2 aliphatic heterocycles. The van der Waals surface area contributed by atoms with Gasteiger partial charge in [0.15, 0.2) is 0 Å². The molecule has 0 aromatic heterocycles. The summed E-state index contributed by atoms with van der Waals surface area (Å²) in [6, 6.07) is 15.4. The molecule has 3 amide bonds. The molecule has 0 aliphatic carbocycles. The third-order valence-corrected chi connectivity index (χ3v) is 5.98. The lowest BCUT2D eigenvalue weighted by molar-refractivity contribution is -0.121. The van der Waals surface area contributed by atoms with Gasteiger partial charge in [-0.25, -0.2) is 0 Å². The van der Waals surface area contributed by atoms with E-state index in [1.54, 1.807) is 24.3 Å². The number of rotatable bonds is 7. The second-order valence-corrected chi connectivity index (χ2v) is 8.03. The van der Waals surface area contributed by atoms with E-state index in [0.717, 1.165) is 13.1 Å². The van der Waals surface area contributed by atoms with E-state index < -0.39 is 0 Å². The molecule has 1 saturated heterocycles. The maximum atomic E-state index is 12.5. The zero-order valence-corrected chi connectivity index (χ0v) is 17.3. The molecule has 6 heteroatoms. The summed E-state index contributed by atoms with van der Waals surface area (Å²) in [5, 5.41) is 3.02. The Morgan fingerprint density at radius 3 is 2.17 bits per heavy atom. The zero-order chi connectivity index (χ0) is 21.1. The Bertz CT molecular complexity index is 913. The standard InChI is InChI=1S/C24H27N3O3/c1-17-8-10-18(11-9-17)21(26-13-4-5-14-26)16-25-22(28)12-15-27-23(29)19-6-2-3-7-20(19)24(27)30/h2-3,6-11,21H,4-5,12-16H2,1H3,(H,25,28)/t21-/m0/s1. The molecule has 6 nitrogen and oxygen atoms in total. The first-order valence-corrected chi connectivity index (χ1v) is 10.6. The van der Waals surface area contributed by atoms with Gasteiger partial charge in [-0.15, -0.1) is 0 Å². The number of amides is 3. The molecule has 0 saturated carbocycles. The van der Waals surface area contributed by atoms with Crippen molar-refractivity contribution in [3.63, 3.8) is 0 Å². The smallest absolute Gasteiger partial charge is 0.261 e. The van der Waals surface area contributed by atoms with Gasteiger partial charge in [-0.1, -0.05) is 42.0 Å². The van der Waals surface area contributed by atoms with E-state index in [4.69, 9.17) is 0 Å². The SMILES string of the molecule is Cc1ccc([C@H](CNC(=O)CCN2C(=O)c3ccccc3C2=O)N2CCCC2)cc1. The molecule has 30 heavy (non-hydrogen) atoms. The Morgan fingerprint density at radius 2 is 1.57 bits per heavy atom. The van der Waals surface area contributed by atoms with Crippen LogP contribution in [0.3, 0.4) is 0 Å². The molecular formula is C24H27N3O3. The maximum Gasteiger partial charge on any atom is 0.261 e. The number of carbonyl (C=O) groups is 3. The fourth-order valence-electron chi connectivity index (χ4n) is 4.25. The summed E-state index contributed by atoms with van der Waals surface area (Å²) in [7, 11) is 0. The fraction of sp³-hybridized carbons (Fsp3) is 0.375. The van der Waals surface area contributed by atoms with Crippen molar-refractivity contribution >= 4 is 17.7 Å². The van der Waals surface area contributed by atoms with Crippen molar-refractivity contribution in [2.45, 2.75) is 32.2 Å². The molecule has 2 heterocycles. The summed E-state index contributed by atoms with van der Waals surface area (Å²) in [4.78, 5) is 41.0. The van der Waals surface area contributed by atoms with Gasteiger partial charge < -0.3 is 5.32 Å². The van der Waals surface area contributed by atoms with Crippen LogP contribution < -0.4 is 5.32 Å². The van der Waals surface area contributed by atoms with Gasteiger partial charge in [-0.2, -0.15) is 0 Å². The lowest BCUT2D eigenvalue weighted by atomic mass is 10.0. The normalized spacial score (nSPS) is 17.3. The molecule has 0 spiro atoms. The van der Waals surface area contributed by atoms with Crippen LogP contribution in [-0.4, -0.2) is 53.7 Å². The molecule has 2 aromatic carbocycles. The predicted octanol–water partition coefficient (Wildman–Crippen LogP) is 2.93. The fourth-order valence-corrected chi connectivity index (χ4v) is 4.25. The van der Waals surface area contributed by atoms with Crippen molar-refractivity contribution in [2.24, 2.45) is 0 Å². The van der Waals surface area contributed by atoms with Crippen molar-refractivity contribution in [2.75, 3.05) is 26.2 Å². The molecule has 0 bridgehead atoms. The first-order chi connectivity index (χ1) is 14.5. The summed E-state index contributed by atoms with van der Waals surface area (Å²) >= 11 is 0. The third kappa shape index (κ3) is 4.14. The molecule has 2 aromatic rings. The van der Waals surface area contributed by atoms with Crippen LogP contribution in [0.2, 0.25) is 0 Å². The van der Waals surface area contributed by atoms with Gasteiger partial charge in [0.1, 0.15) is 0 Å². The first kappa shape index (κ1) is 20.3. The van der Waals surface area contributed by atoms with Crippen LogP contribution in [0, 0.1) is 6.92 Å². The lowest BCUT2D eigenvalue weighted by Gasteiger charge is -2.28.